The van der Waals surface area contributed by atoms with Gasteiger partial charge in [-0.2, -0.15) is 0 Å². The van der Waals surface area contributed by atoms with Gasteiger partial charge in [-0.3, -0.25) is 0 Å². The van der Waals surface area contributed by atoms with E-state index in [2.05, 4.69) is 16.8 Å². The maximum atomic E-state index is 11.6. The molecule has 1 aromatic heterocycles. The van der Waals surface area contributed by atoms with Crippen molar-refractivity contribution in [2.45, 2.75) is 30.7 Å². The van der Waals surface area contributed by atoms with Crippen LogP contribution < -0.4 is 10.5 Å². The third kappa shape index (κ3) is 3.12. The molecule has 1 aliphatic rings. The molecular weight excluding hydrogens is 304 g/mol. The van der Waals surface area contributed by atoms with E-state index in [9.17, 15) is 8.42 Å². The standard InChI is InChI=1S/C15H18N2O2S2/c1-10-12(4-2-6-14(10)21(16,18)19)17-15(11-7-8-11)13-5-3-9-20-13/h2-6,9,11,15,17H,7-8H2,1H3,(H2,16,18,19). The topological polar surface area (TPSA) is 72.2 Å². The van der Waals surface area contributed by atoms with Crippen molar-refractivity contribution in [1.82, 2.24) is 0 Å². The molecule has 0 bridgehead atoms. The number of nitrogens with two attached hydrogens (primary N) is 1. The quantitative estimate of drug-likeness (QED) is 0.887. The molecule has 112 valence electrons. The summed E-state index contributed by atoms with van der Waals surface area (Å²) in [4.78, 5) is 1.48. The molecule has 2 aromatic rings. The Bertz CT molecular complexity index is 735. The van der Waals surface area contributed by atoms with Crippen molar-refractivity contribution in [2.24, 2.45) is 11.1 Å². The molecule has 21 heavy (non-hydrogen) atoms. The van der Waals surface area contributed by atoms with E-state index in [-0.39, 0.29) is 10.9 Å². The van der Waals surface area contributed by atoms with Gasteiger partial charge in [-0.05, 0) is 54.8 Å². The molecule has 1 aromatic carbocycles. The lowest BCUT2D eigenvalue weighted by Crippen LogP contribution is -2.16. The van der Waals surface area contributed by atoms with Crippen molar-refractivity contribution in [1.29, 1.82) is 0 Å². The lowest BCUT2D eigenvalue weighted by atomic mass is 10.1. The largest absolute Gasteiger partial charge is 0.377 e. The van der Waals surface area contributed by atoms with Crippen LogP contribution in [0.2, 0.25) is 0 Å². The molecule has 0 radical (unpaired) electrons. The molecule has 1 unspecified atom stereocenters. The Hall–Kier alpha value is -1.37. The molecule has 3 rings (SSSR count). The third-order valence-electron chi connectivity index (χ3n) is 3.84. The average Bonchev–Trinajstić information content (AvgIpc) is 3.10. The van der Waals surface area contributed by atoms with Gasteiger partial charge in [-0.25, -0.2) is 13.6 Å². The molecule has 1 aliphatic carbocycles. The molecule has 0 saturated heterocycles. The van der Waals surface area contributed by atoms with Crippen LogP contribution in [0.25, 0.3) is 0 Å². The minimum absolute atomic E-state index is 0.188. The van der Waals surface area contributed by atoms with E-state index >= 15 is 0 Å². The van der Waals surface area contributed by atoms with Crippen LogP contribution in [0.3, 0.4) is 0 Å². The van der Waals surface area contributed by atoms with E-state index in [1.807, 2.05) is 12.1 Å². The number of anilines is 1. The second-order valence-electron chi connectivity index (χ2n) is 5.45. The number of hydrogen-bond donors (Lipinski definition) is 2. The molecule has 1 atom stereocenters. The molecule has 0 spiro atoms. The number of rotatable bonds is 5. The molecule has 4 nitrogen and oxygen atoms in total. The van der Waals surface area contributed by atoms with Gasteiger partial charge in [0.15, 0.2) is 0 Å². The van der Waals surface area contributed by atoms with Gasteiger partial charge in [0.1, 0.15) is 0 Å². The van der Waals surface area contributed by atoms with E-state index < -0.39 is 10.0 Å². The first-order chi connectivity index (χ1) is 9.97. The van der Waals surface area contributed by atoms with Crippen LogP contribution in [-0.4, -0.2) is 8.42 Å². The lowest BCUT2D eigenvalue weighted by Gasteiger charge is -2.20. The summed E-state index contributed by atoms with van der Waals surface area (Å²) in [5.41, 5.74) is 1.52. The monoisotopic (exact) mass is 322 g/mol. The van der Waals surface area contributed by atoms with Gasteiger partial charge >= 0.3 is 0 Å². The van der Waals surface area contributed by atoms with Gasteiger partial charge in [0.2, 0.25) is 10.0 Å². The highest BCUT2D eigenvalue weighted by atomic mass is 32.2. The zero-order chi connectivity index (χ0) is 15.0. The summed E-state index contributed by atoms with van der Waals surface area (Å²) in [5.74, 6) is 0.626. The molecule has 0 amide bonds. The Morgan fingerprint density at radius 3 is 2.62 bits per heavy atom. The first kappa shape index (κ1) is 14.6. The van der Waals surface area contributed by atoms with Gasteiger partial charge in [0.05, 0.1) is 10.9 Å². The summed E-state index contributed by atoms with van der Waals surface area (Å²) < 4.78 is 23.2. The van der Waals surface area contributed by atoms with Crippen molar-refractivity contribution < 1.29 is 8.42 Å². The number of hydrogen-bond acceptors (Lipinski definition) is 4. The van der Waals surface area contributed by atoms with E-state index in [0.717, 1.165) is 5.69 Å². The van der Waals surface area contributed by atoms with Gasteiger partial charge in [-0.15, -0.1) is 11.3 Å². The van der Waals surface area contributed by atoms with Crippen molar-refractivity contribution in [3.8, 4) is 0 Å². The van der Waals surface area contributed by atoms with Crippen LogP contribution in [-0.2, 0) is 10.0 Å². The van der Waals surface area contributed by atoms with Gasteiger partial charge in [0, 0.05) is 10.6 Å². The minimum Gasteiger partial charge on any atom is -0.377 e. The van der Waals surface area contributed by atoms with Gasteiger partial charge < -0.3 is 5.32 Å². The molecule has 1 fully saturated rings. The number of thiophene rings is 1. The number of benzene rings is 1. The van der Waals surface area contributed by atoms with E-state index in [0.29, 0.717) is 11.5 Å². The SMILES string of the molecule is Cc1c(NC(c2cccs2)C2CC2)cccc1S(N)(=O)=O. The molecule has 0 aliphatic heterocycles. The van der Waals surface area contributed by atoms with E-state index in [4.69, 9.17) is 5.14 Å². The summed E-state index contributed by atoms with van der Waals surface area (Å²) >= 11 is 1.73. The highest BCUT2D eigenvalue weighted by Crippen LogP contribution is 2.44. The first-order valence-corrected chi connectivity index (χ1v) is 9.32. The van der Waals surface area contributed by atoms with Crippen molar-refractivity contribution >= 4 is 27.0 Å². The first-order valence-electron chi connectivity index (χ1n) is 6.89. The van der Waals surface area contributed by atoms with E-state index in [1.165, 1.54) is 17.7 Å². The second kappa shape index (κ2) is 5.44. The molecule has 6 heteroatoms. The summed E-state index contributed by atoms with van der Waals surface area (Å²) in [6, 6.07) is 9.61. The summed E-state index contributed by atoms with van der Waals surface area (Å²) in [6.45, 7) is 1.79. The Morgan fingerprint density at radius 1 is 1.29 bits per heavy atom. The predicted octanol–water partition coefficient (Wildman–Crippen LogP) is 3.27. The Balaban J connectivity index is 1.94. The zero-order valence-electron chi connectivity index (χ0n) is 11.7. The van der Waals surface area contributed by atoms with Gasteiger partial charge in [-0.1, -0.05) is 12.1 Å². The number of sulfonamides is 1. The van der Waals surface area contributed by atoms with Crippen LogP contribution in [0.4, 0.5) is 5.69 Å². The number of nitrogens with one attached hydrogen (secondary N) is 1. The van der Waals surface area contributed by atoms with Crippen LogP contribution in [0.1, 0.15) is 29.3 Å². The summed E-state index contributed by atoms with van der Waals surface area (Å²) in [7, 11) is -3.69. The molecular formula is C15H18N2O2S2. The maximum absolute atomic E-state index is 11.6. The smallest absolute Gasteiger partial charge is 0.238 e. The average molecular weight is 322 g/mol. The second-order valence-corrected chi connectivity index (χ2v) is 7.96. The maximum Gasteiger partial charge on any atom is 0.238 e. The summed E-state index contributed by atoms with van der Waals surface area (Å²) in [6.07, 6.45) is 2.42. The molecule has 1 saturated carbocycles. The number of primary sulfonamides is 1. The zero-order valence-corrected chi connectivity index (χ0v) is 13.4. The highest BCUT2D eigenvalue weighted by molar-refractivity contribution is 7.89. The minimum atomic E-state index is -3.69. The fourth-order valence-electron chi connectivity index (χ4n) is 2.57. The Morgan fingerprint density at radius 2 is 2.05 bits per heavy atom. The fraction of sp³-hybridized carbons (Fsp3) is 0.333. The Kier molecular flexibility index (Phi) is 3.77. The van der Waals surface area contributed by atoms with E-state index in [1.54, 1.807) is 30.4 Å². The normalized spacial score (nSPS) is 16.7. The van der Waals surface area contributed by atoms with Crippen LogP contribution >= 0.6 is 11.3 Å². The fourth-order valence-corrected chi connectivity index (χ4v) is 4.24. The van der Waals surface area contributed by atoms with Crippen molar-refractivity contribution in [3.05, 3.63) is 46.2 Å². The van der Waals surface area contributed by atoms with Gasteiger partial charge in [0.25, 0.3) is 0 Å². The van der Waals surface area contributed by atoms with Crippen LogP contribution in [0.15, 0.2) is 40.6 Å². The predicted molar refractivity (Wildman–Crippen MR) is 86.0 cm³/mol. The van der Waals surface area contributed by atoms with Crippen LogP contribution in [0, 0.1) is 12.8 Å². The van der Waals surface area contributed by atoms with Crippen molar-refractivity contribution in [3.63, 3.8) is 0 Å². The molecule has 1 heterocycles. The van der Waals surface area contributed by atoms with Crippen molar-refractivity contribution in [2.75, 3.05) is 5.32 Å². The molecule has 3 N–H and O–H groups in total. The third-order valence-corrected chi connectivity index (χ3v) is 5.86. The summed E-state index contributed by atoms with van der Waals surface area (Å²) in [5, 5.41) is 10.9. The Labute approximate surface area is 129 Å². The lowest BCUT2D eigenvalue weighted by molar-refractivity contribution is 0.597. The highest BCUT2D eigenvalue weighted by Gasteiger charge is 2.33. The van der Waals surface area contributed by atoms with Crippen LogP contribution in [0.5, 0.6) is 0 Å².